The van der Waals surface area contributed by atoms with Crippen LogP contribution in [0.5, 0.6) is 0 Å². The van der Waals surface area contributed by atoms with Crippen LogP contribution in [0.15, 0.2) is 53.4 Å². The summed E-state index contributed by atoms with van der Waals surface area (Å²) in [5.41, 5.74) is 3.45. The van der Waals surface area contributed by atoms with E-state index >= 15 is 0 Å². The topological polar surface area (TPSA) is 57.6 Å². The van der Waals surface area contributed by atoms with E-state index in [9.17, 15) is 13.5 Å². The van der Waals surface area contributed by atoms with Crippen LogP contribution in [0.3, 0.4) is 0 Å². The molecule has 4 nitrogen and oxygen atoms in total. The van der Waals surface area contributed by atoms with Crippen molar-refractivity contribution in [3.8, 4) is 0 Å². The number of aliphatic hydroxyl groups excluding tert-OH is 1. The number of benzene rings is 2. The molecule has 1 heterocycles. The van der Waals surface area contributed by atoms with E-state index in [1.807, 2.05) is 6.07 Å². The number of fused-ring (bicyclic) bond motifs is 1. The molecule has 0 unspecified atom stereocenters. The van der Waals surface area contributed by atoms with Crippen molar-refractivity contribution in [3.05, 3.63) is 65.2 Å². The zero-order valence-corrected chi connectivity index (χ0v) is 14.0. The highest BCUT2D eigenvalue weighted by molar-refractivity contribution is 7.90. The van der Waals surface area contributed by atoms with Gasteiger partial charge in [0.05, 0.1) is 11.0 Å². The molecule has 1 atom stereocenters. The fourth-order valence-electron chi connectivity index (χ4n) is 3.00. The SMILES string of the molecule is CS(=O)(=O)c1ccc([C@H](O)CN2CCc3ccccc3C2)cc1. The van der Waals surface area contributed by atoms with Crippen molar-refractivity contribution in [2.45, 2.75) is 24.0 Å². The Bertz CT molecular complexity index is 784. The quantitative estimate of drug-likeness (QED) is 0.933. The Hall–Kier alpha value is -1.69. The van der Waals surface area contributed by atoms with Crippen LogP contribution in [0.25, 0.3) is 0 Å². The highest BCUT2D eigenvalue weighted by atomic mass is 32.2. The number of aliphatic hydroxyl groups is 1. The number of hydrogen-bond acceptors (Lipinski definition) is 4. The lowest BCUT2D eigenvalue weighted by Gasteiger charge is -2.30. The standard InChI is InChI=1S/C18H21NO3S/c1-23(21,22)17-8-6-15(7-9-17)18(20)13-19-11-10-14-4-2-3-5-16(14)12-19/h2-9,18,20H,10-13H2,1H3/t18-/m1/s1. The van der Waals surface area contributed by atoms with Crippen molar-refractivity contribution >= 4 is 9.84 Å². The van der Waals surface area contributed by atoms with Gasteiger partial charge in [0, 0.05) is 25.9 Å². The van der Waals surface area contributed by atoms with Gasteiger partial charge < -0.3 is 5.11 Å². The number of rotatable bonds is 4. The Kier molecular flexibility index (Phi) is 4.53. The van der Waals surface area contributed by atoms with E-state index in [0.29, 0.717) is 6.54 Å². The van der Waals surface area contributed by atoms with Crippen LogP contribution >= 0.6 is 0 Å². The Morgan fingerprint density at radius 3 is 2.39 bits per heavy atom. The molecule has 0 saturated heterocycles. The molecule has 23 heavy (non-hydrogen) atoms. The summed E-state index contributed by atoms with van der Waals surface area (Å²) in [5, 5.41) is 10.4. The van der Waals surface area contributed by atoms with E-state index in [-0.39, 0.29) is 4.90 Å². The third kappa shape index (κ3) is 3.80. The third-order valence-corrected chi connectivity index (χ3v) is 5.46. The van der Waals surface area contributed by atoms with Crippen molar-refractivity contribution in [1.29, 1.82) is 0 Å². The maximum Gasteiger partial charge on any atom is 0.175 e. The molecule has 0 radical (unpaired) electrons. The maximum atomic E-state index is 11.5. The van der Waals surface area contributed by atoms with Gasteiger partial charge in [0.1, 0.15) is 0 Å². The zero-order chi connectivity index (χ0) is 16.4. The maximum absolute atomic E-state index is 11.5. The highest BCUT2D eigenvalue weighted by Gasteiger charge is 2.19. The normalized spacial score (nSPS) is 16.8. The second-order valence-corrected chi connectivity index (χ2v) is 8.13. The van der Waals surface area contributed by atoms with E-state index in [2.05, 4.69) is 23.1 Å². The summed E-state index contributed by atoms with van der Waals surface area (Å²) < 4.78 is 23.0. The summed E-state index contributed by atoms with van der Waals surface area (Å²) >= 11 is 0. The molecule has 0 amide bonds. The molecule has 2 aromatic carbocycles. The van der Waals surface area contributed by atoms with Gasteiger partial charge in [-0.15, -0.1) is 0 Å². The number of sulfone groups is 1. The first-order valence-corrected chi connectivity index (χ1v) is 9.60. The predicted molar refractivity (Wildman–Crippen MR) is 89.9 cm³/mol. The van der Waals surface area contributed by atoms with Crippen LogP contribution in [0.1, 0.15) is 22.8 Å². The lowest BCUT2D eigenvalue weighted by atomic mass is 9.99. The molecule has 3 rings (SSSR count). The van der Waals surface area contributed by atoms with Crippen LogP contribution in [-0.2, 0) is 22.8 Å². The molecule has 5 heteroatoms. The summed E-state index contributed by atoms with van der Waals surface area (Å²) in [5.74, 6) is 0. The van der Waals surface area contributed by atoms with Gasteiger partial charge in [-0.2, -0.15) is 0 Å². The van der Waals surface area contributed by atoms with Crippen molar-refractivity contribution in [1.82, 2.24) is 4.90 Å². The number of nitrogens with zero attached hydrogens (tertiary/aromatic N) is 1. The van der Waals surface area contributed by atoms with Gasteiger partial charge in [0.2, 0.25) is 0 Å². The molecule has 0 bridgehead atoms. The molecule has 1 aliphatic rings. The van der Waals surface area contributed by atoms with Gasteiger partial charge in [-0.1, -0.05) is 36.4 Å². The summed E-state index contributed by atoms with van der Waals surface area (Å²) in [4.78, 5) is 2.51. The van der Waals surface area contributed by atoms with Crippen LogP contribution < -0.4 is 0 Å². The van der Waals surface area contributed by atoms with E-state index in [4.69, 9.17) is 0 Å². The highest BCUT2D eigenvalue weighted by Crippen LogP contribution is 2.22. The van der Waals surface area contributed by atoms with Gasteiger partial charge in [0.25, 0.3) is 0 Å². The first-order chi connectivity index (χ1) is 10.9. The molecule has 122 valence electrons. The Balaban J connectivity index is 1.67. The molecule has 1 aliphatic heterocycles. The molecule has 0 fully saturated rings. The monoisotopic (exact) mass is 331 g/mol. The van der Waals surface area contributed by atoms with Crippen LogP contribution in [0.4, 0.5) is 0 Å². The summed E-state index contributed by atoms with van der Waals surface area (Å²) in [6.45, 7) is 2.32. The first-order valence-electron chi connectivity index (χ1n) is 7.71. The molecule has 0 saturated carbocycles. The molecular formula is C18H21NO3S. The lowest BCUT2D eigenvalue weighted by molar-refractivity contribution is 0.106. The van der Waals surface area contributed by atoms with Crippen molar-refractivity contribution in [2.75, 3.05) is 19.3 Å². The van der Waals surface area contributed by atoms with Gasteiger partial charge in [-0.3, -0.25) is 4.90 Å². The minimum absolute atomic E-state index is 0.278. The predicted octanol–water partition coefficient (Wildman–Crippen LogP) is 2.18. The largest absolute Gasteiger partial charge is 0.387 e. The van der Waals surface area contributed by atoms with Gasteiger partial charge >= 0.3 is 0 Å². The molecule has 2 aromatic rings. The minimum atomic E-state index is -3.20. The van der Waals surface area contributed by atoms with Crippen molar-refractivity contribution in [3.63, 3.8) is 0 Å². The average Bonchev–Trinajstić information content (AvgIpc) is 2.54. The second-order valence-electron chi connectivity index (χ2n) is 6.11. The van der Waals surface area contributed by atoms with Crippen molar-refractivity contribution in [2.24, 2.45) is 0 Å². The van der Waals surface area contributed by atoms with Crippen LogP contribution in [0, 0.1) is 0 Å². The van der Waals surface area contributed by atoms with Gasteiger partial charge in [0.15, 0.2) is 9.84 Å². The fraction of sp³-hybridized carbons (Fsp3) is 0.333. The van der Waals surface area contributed by atoms with E-state index in [1.54, 1.807) is 24.3 Å². The lowest BCUT2D eigenvalue weighted by Crippen LogP contribution is -2.33. The van der Waals surface area contributed by atoms with Gasteiger partial charge in [-0.05, 0) is 35.2 Å². The molecule has 0 spiro atoms. The molecule has 0 aromatic heterocycles. The summed E-state index contributed by atoms with van der Waals surface area (Å²) in [6.07, 6.45) is 1.56. The third-order valence-electron chi connectivity index (χ3n) is 4.33. The van der Waals surface area contributed by atoms with Crippen molar-refractivity contribution < 1.29 is 13.5 Å². The minimum Gasteiger partial charge on any atom is -0.387 e. The molecule has 0 aliphatic carbocycles. The average molecular weight is 331 g/mol. The second kappa shape index (κ2) is 6.43. The van der Waals surface area contributed by atoms with E-state index in [1.165, 1.54) is 17.4 Å². The molecule has 1 N–H and O–H groups in total. The fourth-order valence-corrected chi connectivity index (χ4v) is 3.63. The van der Waals surface area contributed by atoms with Crippen LogP contribution in [0.2, 0.25) is 0 Å². The Morgan fingerprint density at radius 1 is 1.09 bits per heavy atom. The number of β-amino-alcohol motifs (C(OH)–C–C–N with tert-alkyl or cyclic N) is 1. The number of hydrogen-bond donors (Lipinski definition) is 1. The summed E-state index contributed by atoms with van der Waals surface area (Å²) in [7, 11) is -3.20. The Labute approximate surface area is 137 Å². The first kappa shape index (κ1) is 16.2. The van der Waals surface area contributed by atoms with Crippen LogP contribution in [-0.4, -0.2) is 37.8 Å². The van der Waals surface area contributed by atoms with Gasteiger partial charge in [-0.25, -0.2) is 8.42 Å². The summed E-state index contributed by atoms with van der Waals surface area (Å²) in [6, 6.07) is 14.9. The Morgan fingerprint density at radius 2 is 1.74 bits per heavy atom. The van der Waals surface area contributed by atoms with E-state index < -0.39 is 15.9 Å². The zero-order valence-electron chi connectivity index (χ0n) is 13.1. The molecular weight excluding hydrogens is 310 g/mol. The van der Waals surface area contributed by atoms with E-state index in [0.717, 1.165) is 25.1 Å². The smallest absolute Gasteiger partial charge is 0.175 e.